The van der Waals surface area contributed by atoms with Gasteiger partial charge in [0.1, 0.15) is 11.6 Å². The Morgan fingerprint density at radius 2 is 1.88 bits per heavy atom. The second-order valence-electron chi connectivity index (χ2n) is 5.76. The van der Waals surface area contributed by atoms with Crippen molar-refractivity contribution < 1.29 is 4.74 Å². The number of nitrogens with one attached hydrogen (secondary N) is 2. The van der Waals surface area contributed by atoms with Crippen LogP contribution in [0.25, 0.3) is 0 Å². The van der Waals surface area contributed by atoms with E-state index in [1.54, 1.807) is 13.3 Å². The van der Waals surface area contributed by atoms with Crippen LogP contribution in [0.4, 0.5) is 17.5 Å². The lowest BCUT2D eigenvalue weighted by Crippen LogP contribution is -2.08. The second kappa shape index (κ2) is 8.15. The van der Waals surface area contributed by atoms with Gasteiger partial charge in [-0.3, -0.25) is 0 Å². The van der Waals surface area contributed by atoms with Crippen LogP contribution in [0.15, 0.2) is 60.8 Å². The minimum absolute atomic E-state index is 0.536. The van der Waals surface area contributed by atoms with E-state index in [9.17, 15) is 0 Å². The molecule has 1 aromatic heterocycles. The van der Waals surface area contributed by atoms with E-state index in [4.69, 9.17) is 4.74 Å². The zero-order valence-electron chi connectivity index (χ0n) is 14.5. The number of benzene rings is 2. The molecule has 2 aromatic carbocycles. The molecular formula is C20H22N4O. The third kappa shape index (κ3) is 4.70. The molecule has 0 atom stereocenters. The van der Waals surface area contributed by atoms with Crippen LogP contribution >= 0.6 is 0 Å². The Labute approximate surface area is 148 Å². The largest absolute Gasteiger partial charge is 0.495 e. The van der Waals surface area contributed by atoms with Crippen molar-refractivity contribution in [3.05, 3.63) is 71.9 Å². The highest BCUT2D eigenvalue weighted by Gasteiger charge is 2.06. The molecular weight excluding hydrogens is 312 g/mol. The lowest BCUT2D eigenvalue weighted by atomic mass is 10.1. The molecule has 0 spiro atoms. The van der Waals surface area contributed by atoms with Crippen molar-refractivity contribution in [2.24, 2.45) is 0 Å². The molecule has 3 aromatic rings. The van der Waals surface area contributed by atoms with Crippen molar-refractivity contribution in [3.63, 3.8) is 0 Å². The van der Waals surface area contributed by atoms with E-state index in [1.165, 1.54) is 5.56 Å². The summed E-state index contributed by atoms with van der Waals surface area (Å²) in [5, 5.41) is 6.56. The Kier molecular flexibility index (Phi) is 5.46. The molecule has 0 saturated carbocycles. The first-order chi connectivity index (χ1) is 12.2. The molecule has 0 unspecified atom stereocenters. The van der Waals surface area contributed by atoms with E-state index in [1.807, 2.05) is 37.3 Å². The van der Waals surface area contributed by atoms with Crippen LogP contribution in [0.5, 0.6) is 5.75 Å². The number of methoxy groups -OCH3 is 1. The molecule has 0 radical (unpaired) electrons. The maximum absolute atomic E-state index is 5.38. The summed E-state index contributed by atoms with van der Waals surface area (Å²) in [6.07, 6.45) is 2.68. The maximum Gasteiger partial charge on any atom is 0.229 e. The minimum atomic E-state index is 0.536. The Morgan fingerprint density at radius 1 is 1.04 bits per heavy atom. The first-order valence-corrected chi connectivity index (χ1v) is 8.27. The fourth-order valence-corrected chi connectivity index (χ4v) is 2.54. The normalized spacial score (nSPS) is 10.3. The van der Waals surface area contributed by atoms with Gasteiger partial charge in [-0.2, -0.15) is 4.98 Å². The van der Waals surface area contributed by atoms with Gasteiger partial charge in [-0.05, 0) is 42.7 Å². The molecule has 5 heteroatoms. The monoisotopic (exact) mass is 334 g/mol. The summed E-state index contributed by atoms with van der Waals surface area (Å²) in [6.45, 7) is 2.85. The van der Waals surface area contributed by atoms with Gasteiger partial charge in [-0.15, -0.1) is 0 Å². The van der Waals surface area contributed by atoms with Gasteiger partial charge in [0.25, 0.3) is 0 Å². The first-order valence-electron chi connectivity index (χ1n) is 8.27. The predicted octanol–water partition coefficient (Wildman–Crippen LogP) is 4.19. The number of hydrogen-bond donors (Lipinski definition) is 2. The standard InChI is InChI=1S/C20H22N4O/c1-15-8-9-18(25-2)17(14-15)23-20-22-13-11-19(24-20)21-12-10-16-6-4-3-5-7-16/h3-9,11,13-14H,10,12H2,1-2H3,(H2,21,22,23,24). The van der Waals surface area contributed by atoms with Crippen LogP contribution in [-0.4, -0.2) is 23.6 Å². The van der Waals surface area contributed by atoms with Gasteiger partial charge in [0.15, 0.2) is 0 Å². The average molecular weight is 334 g/mol. The first kappa shape index (κ1) is 16.8. The molecule has 0 amide bonds. The van der Waals surface area contributed by atoms with Gasteiger partial charge < -0.3 is 15.4 Å². The molecule has 128 valence electrons. The molecule has 0 bridgehead atoms. The van der Waals surface area contributed by atoms with Gasteiger partial charge in [-0.25, -0.2) is 4.98 Å². The number of anilines is 3. The van der Waals surface area contributed by atoms with Crippen LogP contribution in [0.3, 0.4) is 0 Å². The lowest BCUT2D eigenvalue weighted by Gasteiger charge is -2.12. The number of aryl methyl sites for hydroxylation is 1. The summed E-state index contributed by atoms with van der Waals surface area (Å²) in [4.78, 5) is 8.80. The topological polar surface area (TPSA) is 59.1 Å². The van der Waals surface area contributed by atoms with E-state index in [2.05, 4.69) is 44.9 Å². The molecule has 0 saturated heterocycles. The molecule has 2 N–H and O–H groups in total. The molecule has 0 fully saturated rings. The Balaban J connectivity index is 1.64. The summed E-state index contributed by atoms with van der Waals surface area (Å²) in [5.41, 5.74) is 3.29. The summed E-state index contributed by atoms with van der Waals surface area (Å²) >= 11 is 0. The molecule has 0 aliphatic rings. The Bertz CT molecular complexity index is 821. The number of rotatable bonds is 7. The van der Waals surface area contributed by atoms with Crippen LogP contribution in [0.2, 0.25) is 0 Å². The van der Waals surface area contributed by atoms with Gasteiger partial charge in [0.2, 0.25) is 5.95 Å². The molecule has 0 aliphatic heterocycles. The van der Waals surface area contributed by atoms with Crippen molar-refractivity contribution >= 4 is 17.5 Å². The van der Waals surface area contributed by atoms with E-state index < -0.39 is 0 Å². The quantitative estimate of drug-likeness (QED) is 0.678. The molecule has 5 nitrogen and oxygen atoms in total. The van der Waals surface area contributed by atoms with Gasteiger partial charge in [-0.1, -0.05) is 36.4 Å². The summed E-state index contributed by atoms with van der Waals surface area (Å²) < 4.78 is 5.38. The predicted molar refractivity (Wildman–Crippen MR) is 102 cm³/mol. The van der Waals surface area contributed by atoms with E-state index in [0.29, 0.717) is 5.95 Å². The highest BCUT2D eigenvalue weighted by molar-refractivity contribution is 5.64. The molecule has 25 heavy (non-hydrogen) atoms. The third-order valence-corrected chi connectivity index (χ3v) is 3.82. The van der Waals surface area contributed by atoms with Crippen LogP contribution < -0.4 is 15.4 Å². The zero-order chi connectivity index (χ0) is 17.5. The number of aromatic nitrogens is 2. The Morgan fingerprint density at radius 3 is 2.68 bits per heavy atom. The van der Waals surface area contributed by atoms with Gasteiger partial charge >= 0.3 is 0 Å². The smallest absolute Gasteiger partial charge is 0.229 e. The van der Waals surface area contributed by atoms with Crippen molar-refractivity contribution in [2.45, 2.75) is 13.3 Å². The third-order valence-electron chi connectivity index (χ3n) is 3.82. The summed E-state index contributed by atoms with van der Waals surface area (Å²) in [6, 6.07) is 18.2. The van der Waals surface area contributed by atoms with E-state index >= 15 is 0 Å². The van der Waals surface area contributed by atoms with Gasteiger partial charge in [0, 0.05) is 12.7 Å². The van der Waals surface area contributed by atoms with Crippen LogP contribution in [0, 0.1) is 6.92 Å². The summed E-state index contributed by atoms with van der Waals surface area (Å²) in [5.74, 6) is 2.09. The van der Waals surface area contributed by atoms with E-state index in [0.717, 1.165) is 35.8 Å². The highest BCUT2D eigenvalue weighted by Crippen LogP contribution is 2.27. The minimum Gasteiger partial charge on any atom is -0.495 e. The number of ether oxygens (including phenoxy) is 1. The number of nitrogens with zero attached hydrogens (tertiary/aromatic N) is 2. The fourth-order valence-electron chi connectivity index (χ4n) is 2.54. The molecule has 1 heterocycles. The average Bonchev–Trinajstić information content (AvgIpc) is 2.63. The number of hydrogen-bond acceptors (Lipinski definition) is 5. The SMILES string of the molecule is COc1ccc(C)cc1Nc1nccc(NCCc2ccccc2)n1. The van der Waals surface area contributed by atoms with Crippen molar-refractivity contribution in [3.8, 4) is 5.75 Å². The molecule has 0 aliphatic carbocycles. The van der Waals surface area contributed by atoms with Crippen molar-refractivity contribution in [1.29, 1.82) is 0 Å². The Hall–Kier alpha value is -3.08. The van der Waals surface area contributed by atoms with Crippen LogP contribution in [0.1, 0.15) is 11.1 Å². The molecule has 3 rings (SSSR count). The summed E-state index contributed by atoms with van der Waals surface area (Å²) in [7, 11) is 1.65. The van der Waals surface area contributed by atoms with E-state index in [-0.39, 0.29) is 0 Å². The zero-order valence-corrected chi connectivity index (χ0v) is 14.5. The maximum atomic E-state index is 5.38. The van der Waals surface area contributed by atoms with Gasteiger partial charge in [0.05, 0.1) is 12.8 Å². The second-order valence-corrected chi connectivity index (χ2v) is 5.76. The fraction of sp³-hybridized carbons (Fsp3) is 0.200. The lowest BCUT2D eigenvalue weighted by molar-refractivity contribution is 0.416. The van der Waals surface area contributed by atoms with Crippen molar-refractivity contribution in [1.82, 2.24) is 9.97 Å². The van der Waals surface area contributed by atoms with Crippen LogP contribution in [-0.2, 0) is 6.42 Å². The van der Waals surface area contributed by atoms with Crippen molar-refractivity contribution in [2.75, 3.05) is 24.3 Å². The highest BCUT2D eigenvalue weighted by atomic mass is 16.5.